The second-order valence-electron chi connectivity index (χ2n) is 6.53. The number of rotatable bonds is 8. The summed E-state index contributed by atoms with van der Waals surface area (Å²) < 4.78 is 51.5. The van der Waals surface area contributed by atoms with Gasteiger partial charge in [0.2, 0.25) is 0 Å². The zero-order valence-corrected chi connectivity index (χ0v) is 17.6. The highest BCUT2D eigenvalue weighted by atomic mass is 32.2. The fraction of sp³-hybridized carbons (Fsp3) is 0.136. The van der Waals surface area contributed by atoms with E-state index < -0.39 is 27.9 Å². The average molecular weight is 444 g/mol. The number of nitrogens with one attached hydrogen (secondary N) is 2. The third kappa shape index (κ3) is 5.73. The molecule has 1 amide bonds. The molecule has 0 aromatic heterocycles. The van der Waals surface area contributed by atoms with Gasteiger partial charge in [-0.1, -0.05) is 12.1 Å². The van der Waals surface area contributed by atoms with Crippen LogP contribution in [0.15, 0.2) is 77.7 Å². The summed E-state index contributed by atoms with van der Waals surface area (Å²) >= 11 is 0. The number of carbonyl (C=O) groups is 1. The van der Waals surface area contributed by atoms with Crippen LogP contribution in [0, 0.1) is 5.82 Å². The van der Waals surface area contributed by atoms with Crippen LogP contribution in [-0.2, 0) is 14.8 Å². The van der Waals surface area contributed by atoms with Crippen molar-refractivity contribution in [2.45, 2.75) is 17.9 Å². The second kappa shape index (κ2) is 9.48. The molecule has 0 saturated heterocycles. The van der Waals surface area contributed by atoms with Crippen LogP contribution in [0.4, 0.5) is 15.8 Å². The molecule has 0 spiro atoms. The zero-order valence-electron chi connectivity index (χ0n) is 16.8. The third-order valence-corrected chi connectivity index (χ3v) is 5.67. The molecule has 0 fully saturated rings. The fourth-order valence-corrected chi connectivity index (χ4v) is 3.69. The standard InChI is InChI=1S/C22H21FN2O5S/c1-15(30-18-11-9-17(29-2)10-12-18)22(26)24-16-7-13-19(14-8-16)31(27,28)25-21-6-4-3-5-20(21)23/h3-15,25H,1-2H3,(H,24,26)/t15-/m1/s1. The van der Waals surface area contributed by atoms with Crippen molar-refractivity contribution in [3.8, 4) is 11.5 Å². The van der Waals surface area contributed by atoms with Crippen LogP contribution < -0.4 is 19.5 Å². The molecule has 0 bridgehead atoms. The molecule has 0 heterocycles. The monoisotopic (exact) mass is 444 g/mol. The van der Waals surface area contributed by atoms with E-state index in [0.717, 1.165) is 6.07 Å². The van der Waals surface area contributed by atoms with E-state index in [1.165, 1.54) is 42.5 Å². The minimum atomic E-state index is -3.98. The van der Waals surface area contributed by atoms with Gasteiger partial charge in [0, 0.05) is 5.69 Å². The number of carbonyl (C=O) groups excluding carboxylic acids is 1. The van der Waals surface area contributed by atoms with Crippen molar-refractivity contribution in [2.24, 2.45) is 0 Å². The molecule has 31 heavy (non-hydrogen) atoms. The van der Waals surface area contributed by atoms with Crippen LogP contribution in [0.3, 0.4) is 0 Å². The number of hydrogen-bond donors (Lipinski definition) is 2. The van der Waals surface area contributed by atoms with Crippen molar-refractivity contribution in [1.82, 2.24) is 0 Å². The summed E-state index contributed by atoms with van der Waals surface area (Å²) in [5.74, 6) is 0.0878. The van der Waals surface area contributed by atoms with Crippen LogP contribution in [0.1, 0.15) is 6.92 Å². The molecule has 0 aliphatic heterocycles. The van der Waals surface area contributed by atoms with E-state index in [2.05, 4.69) is 10.0 Å². The Kier molecular flexibility index (Phi) is 6.76. The van der Waals surface area contributed by atoms with Gasteiger partial charge >= 0.3 is 0 Å². The fourth-order valence-electron chi connectivity index (χ4n) is 2.62. The van der Waals surface area contributed by atoms with E-state index in [0.29, 0.717) is 17.2 Å². The lowest BCUT2D eigenvalue weighted by atomic mass is 10.3. The number of para-hydroxylation sites is 1. The van der Waals surface area contributed by atoms with Gasteiger partial charge in [0.25, 0.3) is 15.9 Å². The minimum absolute atomic E-state index is 0.0729. The number of ether oxygens (including phenoxy) is 2. The summed E-state index contributed by atoms with van der Waals surface area (Å²) in [5, 5.41) is 2.66. The molecular formula is C22H21FN2O5S. The lowest BCUT2D eigenvalue weighted by Crippen LogP contribution is -2.30. The Hall–Kier alpha value is -3.59. The summed E-state index contributed by atoms with van der Waals surface area (Å²) in [6.07, 6.45) is -0.792. The van der Waals surface area contributed by atoms with Crippen LogP contribution >= 0.6 is 0 Å². The molecule has 0 aliphatic carbocycles. The number of benzene rings is 3. The zero-order chi connectivity index (χ0) is 22.4. The van der Waals surface area contributed by atoms with Gasteiger partial charge in [-0.25, -0.2) is 12.8 Å². The van der Waals surface area contributed by atoms with Crippen LogP contribution in [0.5, 0.6) is 11.5 Å². The first-order valence-corrected chi connectivity index (χ1v) is 10.8. The van der Waals surface area contributed by atoms with Crippen molar-refractivity contribution >= 4 is 27.3 Å². The summed E-state index contributed by atoms with van der Waals surface area (Å²) in [6, 6.07) is 17.8. The smallest absolute Gasteiger partial charge is 0.265 e. The summed E-state index contributed by atoms with van der Waals surface area (Å²) in [4.78, 5) is 12.3. The van der Waals surface area contributed by atoms with Crippen molar-refractivity contribution in [1.29, 1.82) is 0 Å². The topological polar surface area (TPSA) is 93.7 Å². The lowest BCUT2D eigenvalue weighted by Gasteiger charge is -2.15. The highest BCUT2D eigenvalue weighted by molar-refractivity contribution is 7.92. The van der Waals surface area contributed by atoms with Gasteiger partial charge in [-0.05, 0) is 67.6 Å². The van der Waals surface area contributed by atoms with Crippen molar-refractivity contribution in [2.75, 3.05) is 17.1 Å². The lowest BCUT2D eigenvalue weighted by molar-refractivity contribution is -0.122. The van der Waals surface area contributed by atoms with Crippen molar-refractivity contribution < 1.29 is 27.1 Å². The minimum Gasteiger partial charge on any atom is -0.497 e. The quantitative estimate of drug-likeness (QED) is 0.547. The molecular weight excluding hydrogens is 423 g/mol. The summed E-state index contributed by atoms with van der Waals surface area (Å²) in [6.45, 7) is 1.59. The van der Waals surface area contributed by atoms with Crippen molar-refractivity contribution in [3.63, 3.8) is 0 Å². The maximum atomic E-state index is 13.7. The molecule has 3 aromatic carbocycles. The van der Waals surface area contributed by atoms with Crippen LogP contribution in [-0.4, -0.2) is 27.5 Å². The maximum absolute atomic E-state index is 13.7. The van der Waals surface area contributed by atoms with Gasteiger partial charge in [-0.15, -0.1) is 0 Å². The van der Waals surface area contributed by atoms with Gasteiger partial charge in [0.15, 0.2) is 6.10 Å². The molecule has 9 heteroatoms. The SMILES string of the molecule is COc1ccc(O[C@H](C)C(=O)Nc2ccc(S(=O)(=O)Nc3ccccc3F)cc2)cc1. The predicted molar refractivity (Wildman–Crippen MR) is 115 cm³/mol. The number of anilines is 2. The first kappa shape index (κ1) is 22.1. The molecule has 3 rings (SSSR count). The Morgan fingerprint density at radius 2 is 1.55 bits per heavy atom. The first-order valence-electron chi connectivity index (χ1n) is 9.27. The number of halogens is 1. The molecule has 0 radical (unpaired) electrons. The van der Waals surface area contributed by atoms with Gasteiger partial charge in [-0.2, -0.15) is 0 Å². The second-order valence-corrected chi connectivity index (χ2v) is 8.22. The molecule has 0 unspecified atom stereocenters. The van der Waals surface area contributed by atoms with E-state index >= 15 is 0 Å². The van der Waals surface area contributed by atoms with Gasteiger partial charge in [0.1, 0.15) is 17.3 Å². The number of hydrogen-bond acceptors (Lipinski definition) is 5. The van der Waals surface area contributed by atoms with Crippen LogP contribution in [0.25, 0.3) is 0 Å². The Morgan fingerprint density at radius 1 is 0.935 bits per heavy atom. The molecule has 3 aromatic rings. The third-order valence-electron chi connectivity index (χ3n) is 4.29. The largest absolute Gasteiger partial charge is 0.497 e. The number of methoxy groups -OCH3 is 1. The Labute approximate surface area is 179 Å². The first-order chi connectivity index (χ1) is 14.8. The Morgan fingerprint density at radius 3 is 2.16 bits per heavy atom. The normalized spacial score (nSPS) is 12.0. The molecule has 0 saturated carbocycles. The molecule has 1 atom stereocenters. The Balaban J connectivity index is 1.62. The van der Waals surface area contributed by atoms with E-state index in [1.807, 2.05) is 0 Å². The molecule has 162 valence electrons. The number of sulfonamides is 1. The van der Waals surface area contributed by atoms with E-state index in [-0.39, 0.29) is 10.6 Å². The predicted octanol–water partition coefficient (Wildman–Crippen LogP) is 4.04. The average Bonchev–Trinajstić information content (AvgIpc) is 2.76. The maximum Gasteiger partial charge on any atom is 0.265 e. The highest BCUT2D eigenvalue weighted by Gasteiger charge is 2.18. The van der Waals surface area contributed by atoms with Crippen LogP contribution in [0.2, 0.25) is 0 Å². The van der Waals surface area contributed by atoms with Gasteiger partial charge in [-0.3, -0.25) is 9.52 Å². The molecule has 7 nitrogen and oxygen atoms in total. The molecule has 0 aliphatic rings. The van der Waals surface area contributed by atoms with E-state index in [9.17, 15) is 17.6 Å². The van der Waals surface area contributed by atoms with Gasteiger partial charge in [0.05, 0.1) is 17.7 Å². The molecule has 2 N–H and O–H groups in total. The summed E-state index contributed by atoms with van der Waals surface area (Å²) in [7, 11) is -2.43. The Bertz CT molecular complexity index is 1150. The number of amides is 1. The van der Waals surface area contributed by atoms with Gasteiger partial charge < -0.3 is 14.8 Å². The highest BCUT2D eigenvalue weighted by Crippen LogP contribution is 2.21. The van der Waals surface area contributed by atoms with E-state index in [1.54, 1.807) is 38.3 Å². The van der Waals surface area contributed by atoms with E-state index in [4.69, 9.17) is 9.47 Å². The summed E-state index contributed by atoms with van der Waals surface area (Å²) in [5.41, 5.74) is 0.240. The van der Waals surface area contributed by atoms with Crippen molar-refractivity contribution in [3.05, 3.63) is 78.6 Å².